The van der Waals surface area contributed by atoms with E-state index in [4.69, 9.17) is 38.0 Å². The van der Waals surface area contributed by atoms with Crippen LogP contribution in [0.15, 0.2) is 89.2 Å². The van der Waals surface area contributed by atoms with Gasteiger partial charge in [-0.15, -0.1) is 5.10 Å². The molecular formula is C29H24Cl2N4O2S. The first-order valence-electron chi connectivity index (χ1n) is 12.4. The standard InChI is InChI=1S/C29H24Cl2N4O2S/c30-21-13-12-20(23(31)15-21)16-37-22-9-4-8-19(14-22)27-26-24(10-5-11-25(26)36)32-28-33-29(34-35(27)28)38-17-18-6-2-1-3-7-18/h1-4,6-9,12-15,27H,5,10-11,16-17H2,(H,32,33,34). The minimum atomic E-state index is -0.379. The highest BCUT2D eigenvalue weighted by atomic mass is 35.5. The van der Waals surface area contributed by atoms with E-state index in [0.29, 0.717) is 39.9 Å². The van der Waals surface area contributed by atoms with Crippen molar-refractivity contribution in [2.75, 3.05) is 5.32 Å². The second kappa shape index (κ2) is 10.8. The van der Waals surface area contributed by atoms with Crippen LogP contribution in [-0.4, -0.2) is 20.5 Å². The molecule has 1 N–H and O–H groups in total. The molecule has 9 heteroatoms. The lowest BCUT2D eigenvalue weighted by molar-refractivity contribution is -0.116. The van der Waals surface area contributed by atoms with Crippen LogP contribution >= 0.6 is 35.0 Å². The summed E-state index contributed by atoms with van der Waals surface area (Å²) >= 11 is 13.9. The summed E-state index contributed by atoms with van der Waals surface area (Å²) in [6.07, 6.45) is 2.16. The number of aromatic nitrogens is 3. The van der Waals surface area contributed by atoms with E-state index in [2.05, 4.69) is 17.4 Å². The molecule has 1 atom stereocenters. The fraction of sp³-hybridized carbons (Fsp3) is 0.207. The average molecular weight is 564 g/mol. The highest BCUT2D eigenvalue weighted by Gasteiger charge is 2.37. The number of rotatable bonds is 7. The summed E-state index contributed by atoms with van der Waals surface area (Å²) in [7, 11) is 0. The van der Waals surface area contributed by atoms with Crippen molar-refractivity contribution in [3.8, 4) is 5.75 Å². The summed E-state index contributed by atoms with van der Waals surface area (Å²) in [5, 5.41) is 10.0. The van der Waals surface area contributed by atoms with Gasteiger partial charge < -0.3 is 10.1 Å². The number of hydrogen-bond acceptors (Lipinski definition) is 6. The Morgan fingerprint density at radius 2 is 1.89 bits per heavy atom. The molecule has 0 bridgehead atoms. The minimum Gasteiger partial charge on any atom is -0.489 e. The largest absolute Gasteiger partial charge is 0.489 e. The van der Waals surface area contributed by atoms with Gasteiger partial charge >= 0.3 is 0 Å². The number of benzene rings is 3. The van der Waals surface area contributed by atoms with Gasteiger partial charge in [0.2, 0.25) is 11.1 Å². The molecule has 0 radical (unpaired) electrons. The third-order valence-electron chi connectivity index (χ3n) is 6.64. The number of nitrogens with zero attached hydrogens (tertiary/aromatic N) is 3. The fourth-order valence-electron chi connectivity index (χ4n) is 4.80. The molecule has 0 saturated carbocycles. The van der Waals surface area contributed by atoms with Crippen LogP contribution in [-0.2, 0) is 17.2 Å². The molecule has 4 aromatic rings. The molecule has 3 aromatic carbocycles. The van der Waals surface area contributed by atoms with Gasteiger partial charge in [0, 0.05) is 39.1 Å². The van der Waals surface area contributed by atoms with Gasteiger partial charge in [0.25, 0.3) is 0 Å². The monoisotopic (exact) mass is 562 g/mol. The quantitative estimate of drug-likeness (QED) is 0.235. The minimum absolute atomic E-state index is 0.141. The zero-order valence-electron chi connectivity index (χ0n) is 20.4. The Morgan fingerprint density at radius 3 is 2.74 bits per heavy atom. The Kier molecular flexibility index (Phi) is 7.15. The molecule has 1 unspecified atom stereocenters. The van der Waals surface area contributed by atoms with Crippen molar-refractivity contribution in [3.63, 3.8) is 0 Å². The fourth-order valence-corrected chi connectivity index (χ4v) is 6.05. The number of fused-ring (bicyclic) bond motifs is 1. The van der Waals surface area contributed by atoms with Gasteiger partial charge in [0.05, 0.1) is 0 Å². The maximum atomic E-state index is 13.2. The number of hydrogen-bond donors (Lipinski definition) is 1. The van der Waals surface area contributed by atoms with Gasteiger partial charge in [0.1, 0.15) is 18.4 Å². The van der Waals surface area contributed by atoms with E-state index in [1.165, 1.54) is 5.56 Å². The van der Waals surface area contributed by atoms with Gasteiger partial charge in [-0.05, 0) is 48.2 Å². The zero-order valence-corrected chi connectivity index (χ0v) is 22.7. The predicted octanol–water partition coefficient (Wildman–Crippen LogP) is 7.48. The van der Waals surface area contributed by atoms with Crippen LogP contribution in [0.4, 0.5) is 5.95 Å². The molecule has 0 spiro atoms. The molecule has 2 aliphatic rings. The number of nitrogens with one attached hydrogen (secondary N) is 1. The Balaban J connectivity index is 1.30. The van der Waals surface area contributed by atoms with Crippen molar-refractivity contribution in [3.05, 3.63) is 111 Å². The van der Waals surface area contributed by atoms with Crippen molar-refractivity contribution in [2.45, 2.75) is 42.8 Å². The molecule has 1 aliphatic heterocycles. The first-order chi connectivity index (χ1) is 18.5. The highest BCUT2D eigenvalue weighted by molar-refractivity contribution is 7.98. The SMILES string of the molecule is O=C1CCCC2=C1C(c1cccc(OCc3ccc(Cl)cc3Cl)c1)n1nc(SCc3ccccc3)nc1N2. The van der Waals surface area contributed by atoms with Crippen molar-refractivity contribution >= 4 is 46.7 Å². The third-order valence-corrected chi connectivity index (χ3v) is 8.14. The Labute approximate surface area is 235 Å². The van der Waals surface area contributed by atoms with Gasteiger partial charge in [-0.3, -0.25) is 4.79 Å². The van der Waals surface area contributed by atoms with Crippen LogP contribution in [0, 0.1) is 0 Å². The van der Waals surface area contributed by atoms with Crippen LogP contribution in [0.1, 0.15) is 42.0 Å². The average Bonchev–Trinajstić information content (AvgIpc) is 3.34. The van der Waals surface area contributed by atoms with E-state index in [9.17, 15) is 4.79 Å². The van der Waals surface area contributed by atoms with E-state index in [-0.39, 0.29) is 11.8 Å². The number of halogens is 2. The van der Waals surface area contributed by atoms with Crippen molar-refractivity contribution in [2.24, 2.45) is 0 Å². The van der Waals surface area contributed by atoms with Crippen molar-refractivity contribution in [1.29, 1.82) is 0 Å². The van der Waals surface area contributed by atoms with E-state index < -0.39 is 0 Å². The number of carbonyl (C=O) groups is 1. The highest BCUT2D eigenvalue weighted by Crippen LogP contribution is 2.41. The number of anilines is 1. The molecule has 6 nitrogen and oxygen atoms in total. The smallest absolute Gasteiger partial charge is 0.227 e. The van der Waals surface area contributed by atoms with E-state index in [1.54, 1.807) is 23.9 Å². The molecule has 6 rings (SSSR count). The molecule has 192 valence electrons. The second-order valence-corrected chi connectivity index (χ2v) is 11.0. The summed E-state index contributed by atoms with van der Waals surface area (Å²) < 4.78 is 7.93. The molecule has 0 saturated heterocycles. The Morgan fingerprint density at radius 1 is 1.03 bits per heavy atom. The maximum Gasteiger partial charge on any atom is 0.227 e. The van der Waals surface area contributed by atoms with Gasteiger partial charge in [-0.2, -0.15) is 4.98 Å². The van der Waals surface area contributed by atoms with Crippen LogP contribution in [0.2, 0.25) is 10.0 Å². The molecule has 1 aromatic heterocycles. The maximum absolute atomic E-state index is 13.2. The van der Waals surface area contributed by atoms with Gasteiger partial charge in [-0.25, -0.2) is 4.68 Å². The summed E-state index contributed by atoms with van der Waals surface area (Å²) in [6, 6.07) is 23.0. The number of thioether (sulfide) groups is 1. The first kappa shape index (κ1) is 25.0. The number of ether oxygens (including phenoxy) is 1. The van der Waals surface area contributed by atoms with Crippen molar-refractivity contribution in [1.82, 2.24) is 14.8 Å². The molecular weight excluding hydrogens is 539 g/mol. The number of ketones is 1. The van der Waals surface area contributed by atoms with Crippen molar-refractivity contribution < 1.29 is 9.53 Å². The van der Waals surface area contributed by atoms with Crippen LogP contribution < -0.4 is 10.1 Å². The van der Waals surface area contributed by atoms with Gasteiger partial charge in [-0.1, -0.05) is 83.5 Å². The van der Waals surface area contributed by atoms with E-state index >= 15 is 0 Å². The summed E-state index contributed by atoms with van der Waals surface area (Å²) in [4.78, 5) is 18.0. The normalized spacial score (nSPS) is 16.6. The Hall–Kier alpha value is -3.26. The summed E-state index contributed by atoms with van der Waals surface area (Å²) in [5.74, 6) is 2.23. The summed E-state index contributed by atoms with van der Waals surface area (Å²) in [5.41, 5.74) is 4.65. The van der Waals surface area contributed by atoms with E-state index in [0.717, 1.165) is 41.0 Å². The summed E-state index contributed by atoms with van der Waals surface area (Å²) in [6.45, 7) is 0.299. The number of allylic oxidation sites excluding steroid dienone is 2. The van der Waals surface area contributed by atoms with Crippen LogP contribution in [0.5, 0.6) is 5.75 Å². The number of carbonyl (C=O) groups excluding carboxylic acids is 1. The van der Waals surface area contributed by atoms with Crippen LogP contribution in [0.25, 0.3) is 0 Å². The molecule has 2 heterocycles. The second-order valence-electron chi connectivity index (χ2n) is 9.23. The predicted molar refractivity (Wildman–Crippen MR) is 151 cm³/mol. The Bertz CT molecular complexity index is 1540. The lowest BCUT2D eigenvalue weighted by atomic mass is 9.85. The molecule has 0 amide bonds. The topological polar surface area (TPSA) is 69.0 Å². The number of Topliss-reactive ketones (excluding diaryl/α,β-unsaturated/α-hetero) is 1. The lowest BCUT2D eigenvalue weighted by Crippen LogP contribution is -2.31. The van der Waals surface area contributed by atoms with Gasteiger partial charge in [0.15, 0.2) is 5.78 Å². The molecule has 1 aliphatic carbocycles. The molecule has 0 fully saturated rings. The zero-order chi connectivity index (χ0) is 26.1. The third kappa shape index (κ3) is 5.19. The van der Waals surface area contributed by atoms with Crippen LogP contribution in [0.3, 0.4) is 0 Å². The first-order valence-corrected chi connectivity index (χ1v) is 14.1. The molecule has 38 heavy (non-hydrogen) atoms. The lowest BCUT2D eigenvalue weighted by Gasteiger charge is -2.32. The van der Waals surface area contributed by atoms with E-state index in [1.807, 2.05) is 53.2 Å².